The first kappa shape index (κ1) is 22.1. The molecule has 0 spiro atoms. The molecular weight excluding hydrogens is 382 g/mol. The van der Waals surface area contributed by atoms with E-state index in [1.54, 1.807) is 5.57 Å². The lowest BCUT2D eigenvalue weighted by Gasteiger charge is -2.57. The molecule has 0 radical (unpaired) electrons. The number of carbonyl (C=O) groups excluding carboxylic acids is 1. The minimum atomic E-state index is 0.0186. The third-order valence-corrected chi connectivity index (χ3v) is 10.5. The van der Waals surface area contributed by atoms with Crippen LogP contribution in [0.5, 0.6) is 0 Å². The second-order valence-electron chi connectivity index (χ2n) is 12.0. The van der Waals surface area contributed by atoms with Gasteiger partial charge in [0.2, 0.25) is 0 Å². The Labute approximate surface area is 190 Å². The fraction of sp³-hybridized carbons (Fsp3) is 0.893. The summed E-state index contributed by atoms with van der Waals surface area (Å²) in [5.41, 5.74) is 2.22. The molecular formula is C28H45NO2. The Morgan fingerprint density at radius 2 is 1.74 bits per heavy atom. The summed E-state index contributed by atoms with van der Waals surface area (Å²) in [4.78, 5) is 15.2. The van der Waals surface area contributed by atoms with E-state index in [-0.39, 0.29) is 5.41 Å². The van der Waals surface area contributed by atoms with E-state index in [2.05, 4.69) is 24.8 Å². The van der Waals surface area contributed by atoms with E-state index in [0.717, 1.165) is 50.4 Å². The van der Waals surface area contributed by atoms with Gasteiger partial charge < -0.3 is 9.64 Å². The molecule has 31 heavy (non-hydrogen) atoms. The van der Waals surface area contributed by atoms with Gasteiger partial charge in [0.25, 0.3) is 0 Å². The summed E-state index contributed by atoms with van der Waals surface area (Å²) in [7, 11) is 0. The van der Waals surface area contributed by atoms with Crippen LogP contribution in [-0.2, 0) is 9.53 Å². The summed E-state index contributed by atoms with van der Waals surface area (Å²) in [6.07, 6.45) is 17.8. The number of allylic oxidation sites excluding steroid dienone is 2. The highest BCUT2D eigenvalue weighted by atomic mass is 16.5. The number of carbonyl (C=O) groups is 1. The SMILES string of the molecule is CC12CCC3C(CCC4=CC(CCCOCCN5CCCC5)CCC43C)C1CCC2=O. The lowest BCUT2D eigenvalue weighted by Crippen LogP contribution is -2.50. The largest absolute Gasteiger partial charge is 0.380 e. The average molecular weight is 428 g/mol. The number of ether oxygens (including phenoxy) is 1. The summed E-state index contributed by atoms with van der Waals surface area (Å²) >= 11 is 0. The van der Waals surface area contributed by atoms with Gasteiger partial charge in [-0.3, -0.25) is 4.79 Å². The maximum atomic E-state index is 12.6. The van der Waals surface area contributed by atoms with Crippen molar-refractivity contribution in [3.8, 4) is 0 Å². The first-order valence-corrected chi connectivity index (χ1v) is 13.6. The molecule has 174 valence electrons. The zero-order chi connectivity index (χ0) is 21.5. The average Bonchev–Trinajstić information content (AvgIpc) is 3.38. The van der Waals surface area contributed by atoms with E-state index in [0.29, 0.717) is 17.1 Å². The van der Waals surface area contributed by atoms with Crippen LogP contribution in [0.25, 0.3) is 0 Å². The Kier molecular flexibility index (Phi) is 6.38. The van der Waals surface area contributed by atoms with E-state index < -0.39 is 0 Å². The number of ketones is 1. The highest BCUT2D eigenvalue weighted by Crippen LogP contribution is 2.64. The van der Waals surface area contributed by atoms with Crippen LogP contribution in [0.1, 0.15) is 90.9 Å². The highest BCUT2D eigenvalue weighted by Gasteiger charge is 2.58. The van der Waals surface area contributed by atoms with Gasteiger partial charge in [-0.15, -0.1) is 0 Å². The standard InChI is InChI=1S/C28H45NO2/c1-27-13-11-21(6-5-18-31-19-17-29-15-3-4-16-29)20-22(27)7-8-23-24-9-10-26(30)28(24,2)14-12-25(23)27/h20-21,23-25H,3-19H2,1-2H3. The molecule has 0 N–H and O–H groups in total. The fourth-order valence-electron chi connectivity index (χ4n) is 8.55. The molecule has 0 amide bonds. The number of fused-ring (bicyclic) bond motifs is 5. The second kappa shape index (κ2) is 8.93. The minimum absolute atomic E-state index is 0.0186. The van der Waals surface area contributed by atoms with Crippen molar-refractivity contribution in [3.63, 3.8) is 0 Å². The molecule has 6 atom stereocenters. The van der Waals surface area contributed by atoms with Crippen LogP contribution in [0.4, 0.5) is 0 Å². The van der Waals surface area contributed by atoms with Gasteiger partial charge in [-0.1, -0.05) is 25.5 Å². The van der Waals surface area contributed by atoms with Gasteiger partial charge in [0, 0.05) is 25.0 Å². The van der Waals surface area contributed by atoms with E-state index in [1.807, 2.05) is 0 Å². The number of hydrogen-bond acceptors (Lipinski definition) is 3. The lowest BCUT2D eigenvalue weighted by molar-refractivity contribution is -0.132. The molecule has 4 aliphatic carbocycles. The van der Waals surface area contributed by atoms with Gasteiger partial charge in [0.15, 0.2) is 0 Å². The number of Topliss-reactive ketones (excluding diaryl/α,β-unsaturated/α-hetero) is 1. The van der Waals surface area contributed by atoms with Gasteiger partial charge in [0.05, 0.1) is 6.61 Å². The van der Waals surface area contributed by atoms with E-state index in [1.165, 1.54) is 77.3 Å². The molecule has 0 aromatic heterocycles. The maximum Gasteiger partial charge on any atom is 0.139 e. The molecule has 1 saturated heterocycles. The smallest absolute Gasteiger partial charge is 0.139 e. The summed E-state index contributed by atoms with van der Waals surface area (Å²) in [6.45, 7) is 10.4. The van der Waals surface area contributed by atoms with Gasteiger partial charge in [-0.05, 0) is 113 Å². The predicted molar refractivity (Wildman–Crippen MR) is 126 cm³/mol. The normalized spacial score (nSPS) is 42.8. The predicted octanol–water partition coefficient (Wildman–Crippen LogP) is 6.03. The van der Waals surface area contributed by atoms with Crippen molar-refractivity contribution in [2.75, 3.05) is 32.8 Å². The monoisotopic (exact) mass is 427 g/mol. The topological polar surface area (TPSA) is 29.5 Å². The fourth-order valence-corrected chi connectivity index (χ4v) is 8.55. The molecule has 6 unspecified atom stereocenters. The van der Waals surface area contributed by atoms with Crippen molar-refractivity contribution >= 4 is 5.78 Å². The van der Waals surface area contributed by atoms with Crippen molar-refractivity contribution in [1.29, 1.82) is 0 Å². The molecule has 3 heteroatoms. The molecule has 0 aromatic carbocycles. The molecule has 3 saturated carbocycles. The Bertz CT molecular complexity index is 695. The third-order valence-electron chi connectivity index (χ3n) is 10.5. The molecule has 1 heterocycles. The molecule has 0 aromatic rings. The summed E-state index contributed by atoms with van der Waals surface area (Å²) in [5, 5.41) is 0. The zero-order valence-corrected chi connectivity index (χ0v) is 20.2. The highest BCUT2D eigenvalue weighted by molar-refractivity contribution is 5.87. The van der Waals surface area contributed by atoms with Crippen LogP contribution < -0.4 is 0 Å². The molecule has 0 bridgehead atoms. The summed E-state index contributed by atoms with van der Waals surface area (Å²) in [6, 6.07) is 0. The minimum Gasteiger partial charge on any atom is -0.380 e. The van der Waals surface area contributed by atoms with E-state index >= 15 is 0 Å². The number of likely N-dealkylation sites (tertiary alicyclic amines) is 1. The Morgan fingerprint density at radius 3 is 2.58 bits per heavy atom. The third kappa shape index (κ3) is 4.07. The van der Waals surface area contributed by atoms with Crippen LogP contribution >= 0.6 is 0 Å². The van der Waals surface area contributed by atoms with Crippen molar-refractivity contribution in [2.45, 2.75) is 90.9 Å². The van der Waals surface area contributed by atoms with Crippen molar-refractivity contribution < 1.29 is 9.53 Å². The molecule has 1 aliphatic heterocycles. The second-order valence-corrected chi connectivity index (χ2v) is 12.0. The van der Waals surface area contributed by atoms with Gasteiger partial charge in [-0.25, -0.2) is 0 Å². The van der Waals surface area contributed by atoms with E-state index in [4.69, 9.17) is 4.74 Å². The Morgan fingerprint density at radius 1 is 0.968 bits per heavy atom. The number of rotatable bonds is 7. The number of nitrogens with zero attached hydrogens (tertiary/aromatic N) is 1. The first-order valence-electron chi connectivity index (χ1n) is 13.6. The maximum absolute atomic E-state index is 12.6. The van der Waals surface area contributed by atoms with Crippen molar-refractivity contribution in [1.82, 2.24) is 4.90 Å². The van der Waals surface area contributed by atoms with Crippen LogP contribution in [0.3, 0.4) is 0 Å². The quantitative estimate of drug-likeness (QED) is 0.367. The molecule has 5 aliphatic rings. The van der Waals surface area contributed by atoms with Gasteiger partial charge in [0.1, 0.15) is 5.78 Å². The van der Waals surface area contributed by atoms with Gasteiger partial charge in [-0.2, -0.15) is 0 Å². The molecule has 3 nitrogen and oxygen atoms in total. The Balaban J connectivity index is 1.12. The molecule has 4 fully saturated rings. The van der Waals surface area contributed by atoms with E-state index in [9.17, 15) is 4.79 Å². The zero-order valence-electron chi connectivity index (χ0n) is 20.2. The van der Waals surface area contributed by atoms with Crippen LogP contribution in [0.15, 0.2) is 11.6 Å². The summed E-state index contributed by atoms with van der Waals surface area (Å²) in [5.74, 6) is 3.64. The lowest BCUT2D eigenvalue weighted by atomic mass is 9.47. The summed E-state index contributed by atoms with van der Waals surface area (Å²) < 4.78 is 5.95. The van der Waals surface area contributed by atoms with Crippen LogP contribution in [0, 0.1) is 34.5 Å². The van der Waals surface area contributed by atoms with Crippen LogP contribution in [0.2, 0.25) is 0 Å². The number of hydrogen-bond donors (Lipinski definition) is 0. The van der Waals surface area contributed by atoms with Crippen molar-refractivity contribution in [3.05, 3.63) is 11.6 Å². The van der Waals surface area contributed by atoms with Crippen LogP contribution in [-0.4, -0.2) is 43.5 Å². The van der Waals surface area contributed by atoms with Gasteiger partial charge >= 0.3 is 0 Å². The Hall–Kier alpha value is -0.670. The first-order chi connectivity index (χ1) is 15.0. The van der Waals surface area contributed by atoms with Crippen molar-refractivity contribution in [2.24, 2.45) is 34.5 Å². The molecule has 5 rings (SSSR count).